The van der Waals surface area contributed by atoms with Gasteiger partial charge in [0.25, 0.3) is 0 Å². The van der Waals surface area contributed by atoms with Gasteiger partial charge in [-0.2, -0.15) is 0 Å². The molecule has 4 aromatic heterocycles. The number of hydrogen-bond donors (Lipinski definition) is 0. The number of furan rings is 1. The van der Waals surface area contributed by atoms with Crippen molar-refractivity contribution < 1.29 is 24.5 Å². The summed E-state index contributed by atoms with van der Waals surface area (Å²) < 4.78 is 10.4. The maximum absolute atomic E-state index is 6.48. The van der Waals surface area contributed by atoms with Gasteiger partial charge < -0.3 is 8.98 Å². The Hall–Kier alpha value is -5.14. The first-order valence-electron chi connectivity index (χ1n) is 22.1. The van der Waals surface area contributed by atoms with Crippen LogP contribution in [-0.2, 0) is 33.1 Å². The van der Waals surface area contributed by atoms with E-state index in [1.54, 1.807) is 4.40 Å². The molecule has 1 radical (unpaired) electrons. The first-order chi connectivity index (χ1) is 29.8. The third kappa shape index (κ3) is 9.84. The van der Waals surface area contributed by atoms with Crippen molar-refractivity contribution in [2.45, 2.75) is 90.5 Å². The minimum Gasteiger partial charge on any atom is -0.500 e. The molecule has 5 nitrogen and oxygen atoms in total. The maximum atomic E-state index is 6.48. The van der Waals surface area contributed by atoms with E-state index >= 15 is 0 Å². The van der Waals surface area contributed by atoms with Crippen LogP contribution < -0.4 is 4.40 Å². The molecule has 0 spiro atoms. The first-order valence-corrected chi connectivity index (χ1v) is 29.4. The zero-order chi connectivity index (χ0) is 43.7. The van der Waals surface area contributed by atoms with Crippen LogP contribution in [0.1, 0.15) is 81.3 Å². The summed E-state index contributed by atoms with van der Waals surface area (Å²) in [5.41, 5.74) is 15.8. The fraction of sp³-hybridized carbons (Fsp3) is 0.268. The topological polar surface area (TPSA) is 56.7 Å². The monoisotopic (exact) mass is 1070 g/mol. The van der Waals surface area contributed by atoms with Crippen molar-refractivity contribution >= 4 is 50.6 Å². The summed E-state index contributed by atoms with van der Waals surface area (Å²) in [6.07, 6.45) is 5.18. The molecule has 5 aromatic carbocycles. The average Bonchev–Trinajstić information content (AvgIpc) is 3.81. The van der Waals surface area contributed by atoms with Crippen LogP contribution in [0.25, 0.3) is 66.7 Å². The van der Waals surface area contributed by atoms with Crippen molar-refractivity contribution in [2.75, 3.05) is 0 Å². The Labute approximate surface area is 390 Å². The Morgan fingerprint density at radius 1 is 0.698 bits per heavy atom. The van der Waals surface area contributed by atoms with E-state index < -0.39 is 13.3 Å². The van der Waals surface area contributed by atoms with Crippen molar-refractivity contribution in [1.29, 1.82) is 0 Å². The van der Waals surface area contributed by atoms with E-state index in [1.165, 1.54) is 33.4 Å². The fourth-order valence-electron chi connectivity index (χ4n) is 8.69. The molecular formula is C56H58GeIrN4O-2. The van der Waals surface area contributed by atoms with Crippen molar-refractivity contribution in [1.82, 2.24) is 19.5 Å². The fourth-order valence-corrected chi connectivity index (χ4v) is 12.0. The van der Waals surface area contributed by atoms with E-state index in [4.69, 9.17) is 14.4 Å². The Morgan fingerprint density at radius 2 is 1.40 bits per heavy atom. The molecule has 0 saturated carbocycles. The Bertz CT molecular complexity index is 2970. The molecule has 0 aliphatic rings. The Morgan fingerprint density at radius 3 is 2.06 bits per heavy atom. The normalized spacial score (nSPS) is 11.8. The molecule has 7 heteroatoms. The van der Waals surface area contributed by atoms with Gasteiger partial charge in [0, 0.05) is 50.0 Å². The van der Waals surface area contributed by atoms with Crippen molar-refractivity contribution in [3.05, 3.63) is 168 Å². The van der Waals surface area contributed by atoms with Crippen LogP contribution in [0.2, 0.25) is 17.3 Å². The van der Waals surface area contributed by atoms with Gasteiger partial charge in [0.05, 0.1) is 22.4 Å². The van der Waals surface area contributed by atoms with Crippen LogP contribution in [0.15, 0.2) is 132 Å². The van der Waals surface area contributed by atoms with E-state index in [2.05, 4.69) is 172 Å². The number of fused-ring (bicyclic) bond motifs is 4. The van der Waals surface area contributed by atoms with Gasteiger partial charge in [-0.1, -0.05) is 93.2 Å². The van der Waals surface area contributed by atoms with E-state index in [0.29, 0.717) is 24.3 Å². The van der Waals surface area contributed by atoms with Crippen LogP contribution in [0.5, 0.6) is 0 Å². The molecule has 0 unspecified atom stereocenters. The van der Waals surface area contributed by atoms with Gasteiger partial charge in [0.2, 0.25) is 0 Å². The summed E-state index contributed by atoms with van der Waals surface area (Å²) in [6.45, 7) is 16.4. The predicted octanol–water partition coefficient (Wildman–Crippen LogP) is 14.4. The molecule has 0 atom stereocenters. The summed E-state index contributed by atoms with van der Waals surface area (Å²) in [5, 5.41) is 2.04. The van der Waals surface area contributed by atoms with Crippen molar-refractivity contribution in [3.8, 4) is 33.8 Å². The van der Waals surface area contributed by atoms with Crippen molar-refractivity contribution in [3.63, 3.8) is 0 Å². The number of benzene rings is 5. The van der Waals surface area contributed by atoms with Crippen LogP contribution in [0, 0.1) is 25.0 Å². The molecule has 0 aliphatic heterocycles. The molecule has 0 amide bonds. The standard InChI is InChI=1S/C38H34N3O.C18H24GeN.Ir/c1-23(2)30-19-27(26-12-7-6-8-13-26)20-31(24(3)4)33(30)22-41-35-17-10-9-16-34(35)40-38(41)29-15-11-14-28-32-21-39-25(5)18-36(32)42-37(28)29;1-14(2)11-16-12-18(15-9-7-6-8-10-15)20-13-17(16)19(3,4)5;/h6-14,16-21,23-24H,22H2,1-5H3;6-9,12-14H,11H2,1-5H3;/q2*-1;. The molecule has 0 N–H and O–H groups in total. The summed E-state index contributed by atoms with van der Waals surface area (Å²) in [7, 11) is 0. The third-order valence-electron chi connectivity index (χ3n) is 11.7. The second-order valence-corrected chi connectivity index (χ2v) is 29.3. The quantitative estimate of drug-likeness (QED) is 0.101. The molecule has 0 fully saturated rings. The number of hydrogen-bond acceptors (Lipinski definition) is 4. The minimum atomic E-state index is -1.86. The second-order valence-electron chi connectivity index (χ2n) is 18.7. The van der Waals surface area contributed by atoms with Gasteiger partial charge in [-0.05, 0) is 58.7 Å². The van der Waals surface area contributed by atoms with Gasteiger partial charge in [-0.15, -0.1) is 18.2 Å². The molecule has 0 saturated heterocycles. The van der Waals surface area contributed by atoms with E-state index in [1.807, 2.05) is 43.5 Å². The SMILES string of the molecule is CC(C)Cc1cc(-c2[c-]cccc2)nc[c]1[Ge]([CH3])([CH3])[CH3].Cc1cc2oc3c(-c4nc5ccccc5n4Cc4c(C(C)C)cc(-c5ccccc5)cc4C(C)C)[c-]ccc3c2cn1.[Ir]. The van der Waals surface area contributed by atoms with Gasteiger partial charge >= 0.3 is 126 Å². The summed E-state index contributed by atoms with van der Waals surface area (Å²) in [4.78, 5) is 14.4. The van der Waals surface area contributed by atoms with Crippen molar-refractivity contribution in [2.24, 2.45) is 5.92 Å². The minimum absolute atomic E-state index is 0. The summed E-state index contributed by atoms with van der Waals surface area (Å²) in [6, 6.07) is 47.1. The largest absolute Gasteiger partial charge is 0.500 e. The molecule has 9 rings (SSSR count). The molecule has 9 aromatic rings. The Balaban J connectivity index is 0.000000239. The molecule has 63 heavy (non-hydrogen) atoms. The van der Waals surface area contributed by atoms with Gasteiger partial charge in [0.1, 0.15) is 5.58 Å². The van der Waals surface area contributed by atoms with E-state index in [0.717, 1.165) is 67.7 Å². The zero-order valence-electron chi connectivity index (χ0n) is 38.3. The predicted molar refractivity (Wildman–Crippen MR) is 263 cm³/mol. The second kappa shape index (κ2) is 19.3. The van der Waals surface area contributed by atoms with E-state index in [9.17, 15) is 0 Å². The summed E-state index contributed by atoms with van der Waals surface area (Å²) in [5.74, 6) is 9.58. The molecule has 323 valence electrons. The van der Waals surface area contributed by atoms with E-state index in [-0.39, 0.29) is 20.1 Å². The van der Waals surface area contributed by atoms with Gasteiger partial charge in [-0.25, -0.2) is 0 Å². The van der Waals surface area contributed by atoms with Crippen LogP contribution in [0.3, 0.4) is 0 Å². The molecule has 0 aliphatic carbocycles. The number of rotatable bonds is 10. The zero-order valence-corrected chi connectivity index (χ0v) is 42.8. The number of nitrogens with zero attached hydrogens (tertiary/aromatic N) is 4. The molecule has 4 heterocycles. The third-order valence-corrected chi connectivity index (χ3v) is 16.1. The average molecular weight is 1070 g/mol. The van der Waals surface area contributed by atoms with Crippen LogP contribution in [0.4, 0.5) is 0 Å². The number of pyridine rings is 2. The first kappa shape index (κ1) is 45.9. The summed E-state index contributed by atoms with van der Waals surface area (Å²) >= 11 is -1.86. The molecule has 0 bridgehead atoms. The number of para-hydroxylation sites is 2. The number of aromatic nitrogens is 4. The maximum Gasteiger partial charge on any atom is 0.124 e. The van der Waals surface area contributed by atoms with Gasteiger partial charge in [0.15, 0.2) is 0 Å². The number of aryl methyl sites for hydroxylation is 1. The molecular weight excluding hydrogens is 1010 g/mol. The smallest absolute Gasteiger partial charge is 0.124 e. The number of imidazole rings is 1. The van der Waals surface area contributed by atoms with Crippen LogP contribution in [-0.4, -0.2) is 32.8 Å². The van der Waals surface area contributed by atoms with Gasteiger partial charge in [-0.3, -0.25) is 9.97 Å². The Kier molecular flexibility index (Phi) is 14.1. The van der Waals surface area contributed by atoms with Crippen LogP contribution >= 0.6 is 0 Å².